The van der Waals surface area contributed by atoms with Crippen LogP contribution in [-0.4, -0.2) is 34.7 Å². The van der Waals surface area contributed by atoms with E-state index in [-0.39, 0.29) is 12.4 Å². The van der Waals surface area contributed by atoms with Gasteiger partial charge in [-0.3, -0.25) is 14.9 Å². The Morgan fingerprint density at radius 2 is 2.33 bits per heavy atom. The van der Waals surface area contributed by atoms with Crippen molar-refractivity contribution >= 4 is 23.5 Å². The van der Waals surface area contributed by atoms with Gasteiger partial charge < -0.3 is 5.11 Å². The summed E-state index contributed by atoms with van der Waals surface area (Å²) in [5, 5.41) is 14.7. The zero-order valence-corrected chi connectivity index (χ0v) is 8.44. The number of rotatable bonds is 3. The Morgan fingerprint density at radius 1 is 1.67 bits per heavy atom. The zero-order valence-electron chi connectivity index (χ0n) is 8.44. The van der Waals surface area contributed by atoms with E-state index < -0.39 is 17.9 Å². The second-order valence-corrected chi connectivity index (χ2v) is 3.25. The van der Waals surface area contributed by atoms with E-state index in [1.165, 1.54) is 0 Å². The number of hydrogen-bond donors (Lipinski definition) is 3. The van der Waals surface area contributed by atoms with Gasteiger partial charge in [0, 0.05) is 5.71 Å². The normalized spacial score (nSPS) is 19.2. The smallest absolute Gasteiger partial charge is 0.306 e. The molecule has 1 aliphatic rings. The van der Waals surface area contributed by atoms with Gasteiger partial charge in [-0.2, -0.15) is 5.10 Å². The first-order chi connectivity index (χ1) is 6.99. The minimum Gasteiger partial charge on any atom is -0.481 e. The van der Waals surface area contributed by atoms with Crippen molar-refractivity contribution in [2.24, 2.45) is 10.1 Å². The molecule has 0 saturated heterocycles. The molecule has 0 aromatic heterocycles. The van der Waals surface area contributed by atoms with Crippen molar-refractivity contribution in [1.82, 2.24) is 10.7 Å². The molecule has 7 nitrogen and oxygen atoms in total. The fraction of sp³-hybridized carbons (Fsp3) is 0.500. The summed E-state index contributed by atoms with van der Waals surface area (Å²) >= 11 is 0. The van der Waals surface area contributed by atoms with Crippen molar-refractivity contribution < 1.29 is 14.7 Å². The van der Waals surface area contributed by atoms with Crippen LogP contribution in [0.1, 0.15) is 20.3 Å². The maximum atomic E-state index is 11.2. The minimum absolute atomic E-state index is 0.187. The fourth-order valence-electron chi connectivity index (χ4n) is 0.972. The number of hydrogen-bond acceptors (Lipinski definition) is 5. The van der Waals surface area contributed by atoms with Gasteiger partial charge in [0.25, 0.3) is 5.91 Å². The first kappa shape index (κ1) is 11.2. The predicted molar refractivity (Wildman–Crippen MR) is 53.5 cm³/mol. The van der Waals surface area contributed by atoms with Crippen molar-refractivity contribution in [1.29, 1.82) is 0 Å². The Hall–Kier alpha value is -1.92. The summed E-state index contributed by atoms with van der Waals surface area (Å²) in [6.07, 6.45) is -0.314. The Labute approximate surface area is 86.3 Å². The highest BCUT2D eigenvalue weighted by Crippen LogP contribution is 2.03. The molecule has 1 amide bonds. The summed E-state index contributed by atoms with van der Waals surface area (Å²) in [4.78, 5) is 25.4. The van der Waals surface area contributed by atoms with Gasteiger partial charge in [0.1, 0.15) is 6.04 Å². The van der Waals surface area contributed by atoms with Crippen LogP contribution in [0.5, 0.6) is 0 Å². The number of carboxylic acid groups (broad SMARTS) is 1. The van der Waals surface area contributed by atoms with Gasteiger partial charge in [-0.25, -0.2) is 10.4 Å². The summed E-state index contributed by atoms with van der Waals surface area (Å²) in [6, 6.07) is -0.864. The molecule has 1 rings (SSSR count). The van der Waals surface area contributed by atoms with Crippen molar-refractivity contribution in [3.8, 4) is 0 Å². The van der Waals surface area contributed by atoms with Crippen LogP contribution in [0.25, 0.3) is 0 Å². The Balaban J connectivity index is 2.59. The third kappa shape index (κ3) is 3.37. The maximum absolute atomic E-state index is 11.2. The molecule has 82 valence electrons. The molecule has 0 spiro atoms. The van der Waals surface area contributed by atoms with Crippen molar-refractivity contribution in [2.75, 3.05) is 0 Å². The summed E-state index contributed by atoms with van der Waals surface area (Å²) in [7, 11) is 0. The van der Waals surface area contributed by atoms with E-state index in [4.69, 9.17) is 5.11 Å². The molecule has 0 aromatic rings. The van der Waals surface area contributed by atoms with Crippen LogP contribution in [0, 0.1) is 0 Å². The number of carboxylic acids is 1. The molecule has 0 aliphatic carbocycles. The highest BCUT2D eigenvalue weighted by Gasteiger charge is 2.28. The lowest BCUT2D eigenvalue weighted by Crippen LogP contribution is -2.35. The lowest BCUT2D eigenvalue weighted by molar-refractivity contribution is -0.139. The minimum atomic E-state index is -1.06. The molecule has 0 bridgehead atoms. The number of hydrazone groups is 1. The molecular weight excluding hydrogens is 200 g/mol. The number of carbonyl (C=O) groups excluding carboxylic acids is 1. The molecule has 3 N–H and O–H groups in total. The lowest BCUT2D eigenvalue weighted by atomic mass is 10.2. The molecule has 15 heavy (non-hydrogen) atoms. The van der Waals surface area contributed by atoms with Gasteiger partial charge in [-0.1, -0.05) is 0 Å². The summed E-state index contributed by atoms with van der Waals surface area (Å²) in [5.74, 6) is -1.30. The van der Waals surface area contributed by atoms with Crippen LogP contribution in [0.2, 0.25) is 0 Å². The van der Waals surface area contributed by atoms with Gasteiger partial charge in [-0.05, 0) is 13.8 Å². The molecule has 7 heteroatoms. The predicted octanol–water partition coefficient (Wildman–Crippen LogP) is -0.699. The van der Waals surface area contributed by atoms with Crippen molar-refractivity contribution in [3.05, 3.63) is 0 Å². The van der Waals surface area contributed by atoms with Crippen LogP contribution in [0.4, 0.5) is 0 Å². The number of aliphatic imine (C=N–C) groups is 1. The fourth-order valence-corrected chi connectivity index (χ4v) is 0.972. The molecular formula is C8H12N4O3. The summed E-state index contributed by atoms with van der Waals surface area (Å²) in [5.41, 5.74) is 3.30. The van der Waals surface area contributed by atoms with Gasteiger partial charge in [0.15, 0.2) is 0 Å². The van der Waals surface area contributed by atoms with Gasteiger partial charge in [0.2, 0.25) is 5.96 Å². The van der Waals surface area contributed by atoms with E-state index >= 15 is 0 Å². The molecule has 0 radical (unpaired) electrons. The topological polar surface area (TPSA) is 103 Å². The zero-order chi connectivity index (χ0) is 11.4. The van der Waals surface area contributed by atoms with Crippen LogP contribution in [0.3, 0.4) is 0 Å². The van der Waals surface area contributed by atoms with Gasteiger partial charge in [0.05, 0.1) is 6.42 Å². The number of nitrogens with zero attached hydrogens (tertiary/aromatic N) is 2. The molecule has 0 aromatic carbocycles. The van der Waals surface area contributed by atoms with E-state index in [0.29, 0.717) is 0 Å². The third-order valence-electron chi connectivity index (χ3n) is 1.58. The Morgan fingerprint density at radius 3 is 2.87 bits per heavy atom. The van der Waals surface area contributed by atoms with Crippen LogP contribution in [-0.2, 0) is 9.59 Å². The summed E-state index contributed by atoms with van der Waals surface area (Å²) in [6.45, 7) is 3.55. The lowest BCUT2D eigenvalue weighted by Gasteiger charge is -1.98. The molecule has 0 saturated carbocycles. The first-order valence-corrected chi connectivity index (χ1v) is 4.36. The Bertz CT molecular complexity index is 344. The van der Waals surface area contributed by atoms with E-state index in [2.05, 4.69) is 20.8 Å². The molecule has 1 atom stereocenters. The average Bonchev–Trinajstić information content (AvgIpc) is 2.43. The molecule has 1 heterocycles. The number of amides is 1. The second-order valence-electron chi connectivity index (χ2n) is 3.25. The number of aliphatic carboxylic acids is 1. The Kier molecular flexibility index (Phi) is 3.37. The van der Waals surface area contributed by atoms with E-state index in [1.807, 2.05) is 0 Å². The standard InChI is InChI=1S/C8H12N4O3/c1-4(2)11-12-8-9-5(3-6(13)14)7(15)10-8/h5H,3H2,1-2H3,(H,13,14)(H2,9,10,12,15). The quantitative estimate of drug-likeness (QED) is 0.425. The van der Waals surface area contributed by atoms with Crippen LogP contribution >= 0.6 is 0 Å². The summed E-state index contributed by atoms with van der Waals surface area (Å²) < 4.78 is 0. The van der Waals surface area contributed by atoms with E-state index in [9.17, 15) is 9.59 Å². The SMILES string of the molecule is CC(C)=NNC1=NC(CC(=O)O)C(=O)N1. The molecule has 0 fully saturated rings. The highest BCUT2D eigenvalue weighted by molar-refractivity contribution is 6.06. The second kappa shape index (κ2) is 4.54. The number of nitrogens with one attached hydrogen (secondary N) is 2. The van der Waals surface area contributed by atoms with E-state index in [0.717, 1.165) is 5.71 Å². The maximum Gasteiger partial charge on any atom is 0.306 e. The largest absolute Gasteiger partial charge is 0.481 e. The molecule has 1 aliphatic heterocycles. The van der Waals surface area contributed by atoms with E-state index in [1.54, 1.807) is 13.8 Å². The highest BCUT2D eigenvalue weighted by atomic mass is 16.4. The number of guanidine groups is 1. The van der Waals surface area contributed by atoms with Crippen LogP contribution < -0.4 is 10.7 Å². The van der Waals surface area contributed by atoms with Gasteiger partial charge >= 0.3 is 5.97 Å². The van der Waals surface area contributed by atoms with Crippen molar-refractivity contribution in [3.63, 3.8) is 0 Å². The third-order valence-corrected chi connectivity index (χ3v) is 1.58. The van der Waals surface area contributed by atoms with Crippen molar-refractivity contribution in [2.45, 2.75) is 26.3 Å². The van der Waals surface area contributed by atoms with Gasteiger partial charge in [-0.15, -0.1) is 0 Å². The molecule has 1 unspecified atom stereocenters. The first-order valence-electron chi connectivity index (χ1n) is 4.36. The van der Waals surface area contributed by atoms with Crippen LogP contribution in [0.15, 0.2) is 10.1 Å². The number of carbonyl (C=O) groups is 2. The average molecular weight is 212 g/mol. The monoisotopic (exact) mass is 212 g/mol.